The van der Waals surface area contributed by atoms with Crippen molar-refractivity contribution in [3.05, 3.63) is 18.9 Å². The minimum atomic E-state index is 0.773. The first-order valence-electron chi connectivity index (χ1n) is 3.58. The lowest BCUT2D eigenvalue weighted by molar-refractivity contribution is 0.804. The van der Waals surface area contributed by atoms with Crippen LogP contribution in [0.2, 0.25) is 0 Å². The van der Waals surface area contributed by atoms with Crippen molar-refractivity contribution in [1.29, 1.82) is 0 Å². The second kappa shape index (κ2) is 3.34. The standard InChI is InChI=1S/C7H7IN4/c8-1-2-12-5-11-7-6(12)3-9-4-10-7/h3-5H,1-2H2. The first kappa shape index (κ1) is 7.90. The molecule has 4 nitrogen and oxygen atoms in total. The highest BCUT2D eigenvalue weighted by atomic mass is 127. The number of aryl methyl sites for hydroxylation is 1. The molecule has 0 bridgehead atoms. The van der Waals surface area contributed by atoms with Crippen molar-refractivity contribution in [3.63, 3.8) is 0 Å². The molecule has 0 spiro atoms. The number of rotatable bonds is 2. The van der Waals surface area contributed by atoms with Gasteiger partial charge in [-0.05, 0) is 0 Å². The van der Waals surface area contributed by atoms with Crippen LogP contribution >= 0.6 is 22.6 Å². The third-order valence-electron chi connectivity index (χ3n) is 1.63. The Morgan fingerprint density at radius 3 is 3.17 bits per heavy atom. The van der Waals surface area contributed by atoms with E-state index in [2.05, 4.69) is 42.1 Å². The molecule has 0 aliphatic rings. The van der Waals surface area contributed by atoms with E-state index < -0.39 is 0 Å². The molecule has 0 fully saturated rings. The fraction of sp³-hybridized carbons (Fsp3) is 0.286. The summed E-state index contributed by atoms with van der Waals surface area (Å²) in [6.07, 6.45) is 5.11. The molecule has 2 heterocycles. The summed E-state index contributed by atoms with van der Waals surface area (Å²) in [6.45, 7) is 0.963. The Labute approximate surface area is 83.2 Å². The van der Waals surface area contributed by atoms with E-state index in [9.17, 15) is 0 Å². The van der Waals surface area contributed by atoms with Crippen molar-refractivity contribution < 1.29 is 0 Å². The van der Waals surface area contributed by atoms with Crippen LogP contribution < -0.4 is 0 Å². The first-order chi connectivity index (χ1) is 5.92. The van der Waals surface area contributed by atoms with Gasteiger partial charge in [-0.3, -0.25) is 0 Å². The highest BCUT2D eigenvalue weighted by Crippen LogP contribution is 2.07. The van der Waals surface area contributed by atoms with Gasteiger partial charge < -0.3 is 4.57 Å². The van der Waals surface area contributed by atoms with E-state index in [4.69, 9.17) is 0 Å². The van der Waals surface area contributed by atoms with Gasteiger partial charge in [0.05, 0.1) is 12.5 Å². The second-order valence-electron chi connectivity index (χ2n) is 2.36. The number of hydrogen-bond donors (Lipinski definition) is 0. The Bertz CT molecular complexity index is 384. The summed E-state index contributed by atoms with van der Waals surface area (Å²) in [5.41, 5.74) is 1.78. The lowest BCUT2D eigenvalue weighted by atomic mass is 10.5. The van der Waals surface area contributed by atoms with Gasteiger partial charge in [0.2, 0.25) is 0 Å². The summed E-state index contributed by atoms with van der Waals surface area (Å²) in [5.74, 6) is 0. The molecule has 0 aliphatic heterocycles. The summed E-state index contributed by atoms with van der Waals surface area (Å²) >= 11 is 2.33. The molecule has 0 radical (unpaired) electrons. The van der Waals surface area contributed by atoms with Gasteiger partial charge in [0.15, 0.2) is 5.65 Å². The van der Waals surface area contributed by atoms with Crippen LogP contribution in [0, 0.1) is 0 Å². The molecule has 0 N–H and O–H groups in total. The Kier molecular flexibility index (Phi) is 2.20. The van der Waals surface area contributed by atoms with Crippen LogP contribution in [0.4, 0.5) is 0 Å². The molecule has 0 aliphatic carbocycles. The summed E-state index contributed by atoms with van der Waals surface area (Å²) in [5, 5.41) is 0. The van der Waals surface area contributed by atoms with Crippen LogP contribution in [0.3, 0.4) is 0 Å². The zero-order chi connectivity index (χ0) is 8.39. The molecular formula is C7H7IN4. The maximum absolute atomic E-state index is 4.15. The fourth-order valence-electron chi connectivity index (χ4n) is 1.07. The number of nitrogens with zero attached hydrogens (tertiary/aromatic N) is 4. The first-order valence-corrected chi connectivity index (χ1v) is 5.11. The van der Waals surface area contributed by atoms with Crippen LogP contribution in [-0.4, -0.2) is 23.9 Å². The molecule has 12 heavy (non-hydrogen) atoms. The van der Waals surface area contributed by atoms with E-state index in [1.807, 2.05) is 0 Å². The van der Waals surface area contributed by atoms with Crippen LogP contribution in [0.5, 0.6) is 0 Å². The summed E-state index contributed by atoms with van der Waals surface area (Å²) in [7, 11) is 0. The van der Waals surface area contributed by atoms with Gasteiger partial charge in [-0.1, -0.05) is 22.6 Å². The third kappa shape index (κ3) is 1.28. The van der Waals surface area contributed by atoms with Crippen molar-refractivity contribution >= 4 is 33.8 Å². The smallest absolute Gasteiger partial charge is 0.180 e. The predicted molar refractivity (Wildman–Crippen MR) is 54.2 cm³/mol. The van der Waals surface area contributed by atoms with E-state index in [1.54, 1.807) is 12.5 Å². The van der Waals surface area contributed by atoms with Crippen molar-refractivity contribution in [1.82, 2.24) is 19.5 Å². The summed E-state index contributed by atoms with van der Waals surface area (Å²) in [6, 6.07) is 0. The molecule has 62 valence electrons. The largest absolute Gasteiger partial charge is 0.327 e. The predicted octanol–water partition coefficient (Wildman–Crippen LogP) is 1.26. The average Bonchev–Trinajstić information content (AvgIpc) is 2.50. The monoisotopic (exact) mass is 274 g/mol. The normalized spacial score (nSPS) is 10.8. The maximum Gasteiger partial charge on any atom is 0.180 e. The molecule has 2 aromatic rings. The summed E-state index contributed by atoms with van der Waals surface area (Å²) < 4.78 is 3.12. The number of halogens is 1. The topological polar surface area (TPSA) is 43.6 Å². The Morgan fingerprint density at radius 2 is 2.33 bits per heavy atom. The van der Waals surface area contributed by atoms with E-state index in [0.717, 1.165) is 22.1 Å². The van der Waals surface area contributed by atoms with Gasteiger partial charge in [0.25, 0.3) is 0 Å². The quantitative estimate of drug-likeness (QED) is 0.611. The van der Waals surface area contributed by atoms with E-state index in [-0.39, 0.29) is 0 Å². The number of fused-ring (bicyclic) bond motifs is 1. The van der Waals surface area contributed by atoms with E-state index in [1.165, 1.54) is 6.33 Å². The second-order valence-corrected chi connectivity index (χ2v) is 3.44. The average molecular weight is 274 g/mol. The molecular weight excluding hydrogens is 267 g/mol. The van der Waals surface area contributed by atoms with E-state index >= 15 is 0 Å². The molecule has 0 aromatic carbocycles. The molecule has 0 saturated heterocycles. The van der Waals surface area contributed by atoms with Crippen LogP contribution in [0.25, 0.3) is 11.2 Å². The van der Waals surface area contributed by atoms with E-state index in [0.29, 0.717) is 0 Å². The zero-order valence-corrected chi connectivity index (χ0v) is 8.47. The van der Waals surface area contributed by atoms with Crippen LogP contribution in [0.1, 0.15) is 0 Å². The van der Waals surface area contributed by atoms with Gasteiger partial charge in [0, 0.05) is 11.0 Å². The maximum atomic E-state index is 4.15. The summed E-state index contributed by atoms with van der Waals surface area (Å²) in [4.78, 5) is 12.1. The van der Waals surface area contributed by atoms with Gasteiger partial charge >= 0.3 is 0 Å². The number of imidazole rings is 1. The Morgan fingerprint density at radius 1 is 1.42 bits per heavy atom. The molecule has 0 unspecified atom stereocenters. The SMILES string of the molecule is ICCn1cnc2ncncc21. The number of aromatic nitrogens is 4. The van der Waals surface area contributed by atoms with Gasteiger partial charge in [-0.25, -0.2) is 15.0 Å². The molecule has 5 heteroatoms. The molecule has 0 atom stereocenters. The highest BCUT2D eigenvalue weighted by Gasteiger charge is 2.00. The molecule has 2 aromatic heterocycles. The third-order valence-corrected chi connectivity index (χ3v) is 2.11. The lowest BCUT2D eigenvalue weighted by Gasteiger charge is -1.97. The Balaban J connectivity index is 2.55. The molecule has 2 rings (SSSR count). The zero-order valence-electron chi connectivity index (χ0n) is 6.31. The van der Waals surface area contributed by atoms with Crippen molar-refractivity contribution in [2.45, 2.75) is 6.54 Å². The van der Waals surface area contributed by atoms with Gasteiger partial charge in [-0.2, -0.15) is 0 Å². The Hall–Kier alpha value is -0.720. The highest BCUT2D eigenvalue weighted by molar-refractivity contribution is 14.1. The van der Waals surface area contributed by atoms with Gasteiger partial charge in [-0.15, -0.1) is 0 Å². The fourth-order valence-corrected chi connectivity index (χ4v) is 1.59. The minimum absolute atomic E-state index is 0.773. The van der Waals surface area contributed by atoms with Crippen molar-refractivity contribution in [2.75, 3.05) is 4.43 Å². The van der Waals surface area contributed by atoms with Crippen LogP contribution in [0.15, 0.2) is 18.9 Å². The van der Waals surface area contributed by atoms with Crippen molar-refractivity contribution in [3.8, 4) is 0 Å². The number of hydrogen-bond acceptors (Lipinski definition) is 3. The van der Waals surface area contributed by atoms with Crippen LogP contribution in [-0.2, 0) is 6.54 Å². The molecule has 0 saturated carbocycles. The minimum Gasteiger partial charge on any atom is -0.327 e. The van der Waals surface area contributed by atoms with Crippen molar-refractivity contribution in [2.24, 2.45) is 0 Å². The van der Waals surface area contributed by atoms with Gasteiger partial charge in [0.1, 0.15) is 11.8 Å². The molecule has 0 amide bonds. The number of alkyl halides is 1. The lowest BCUT2D eigenvalue weighted by Crippen LogP contribution is -1.96.